The lowest BCUT2D eigenvalue weighted by Crippen LogP contribution is -1.99. The first kappa shape index (κ1) is 17.6. The second-order valence-corrected chi connectivity index (χ2v) is 7.47. The molecule has 0 N–H and O–H groups in total. The quantitative estimate of drug-likeness (QED) is 0.489. The van der Waals surface area contributed by atoms with Crippen LogP contribution in [0.2, 0.25) is 0 Å². The van der Waals surface area contributed by atoms with Gasteiger partial charge in [0.05, 0.1) is 12.8 Å². The zero-order valence-corrected chi connectivity index (χ0v) is 16.4. The van der Waals surface area contributed by atoms with Gasteiger partial charge in [-0.05, 0) is 59.7 Å². The maximum atomic E-state index is 5.27. The predicted octanol–water partition coefficient (Wildman–Crippen LogP) is 3.90. The molecule has 0 aliphatic carbocycles. The minimum atomic E-state index is 0.728. The molecule has 3 aromatic heterocycles. The minimum Gasteiger partial charge on any atom is -0.497 e. The second kappa shape index (κ2) is 7.85. The fourth-order valence-corrected chi connectivity index (χ4v) is 4.15. The Labute approximate surface area is 164 Å². The number of hydrogen-bond donors (Lipinski definition) is 0. The van der Waals surface area contributed by atoms with Crippen molar-refractivity contribution in [2.24, 2.45) is 0 Å². The summed E-state index contributed by atoms with van der Waals surface area (Å²) >= 11 is 2.83. The molecule has 3 heterocycles. The van der Waals surface area contributed by atoms with Gasteiger partial charge in [-0.15, -0.1) is 10.2 Å². The molecule has 0 atom stereocenters. The zero-order chi connectivity index (χ0) is 18.6. The van der Waals surface area contributed by atoms with Gasteiger partial charge in [-0.1, -0.05) is 6.92 Å². The highest BCUT2D eigenvalue weighted by Gasteiger charge is 2.18. The average molecular weight is 397 g/mol. The normalized spacial score (nSPS) is 10.9. The largest absolute Gasteiger partial charge is 0.497 e. The van der Waals surface area contributed by atoms with Crippen molar-refractivity contribution in [3.63, 3.8) is 0 Å². The monoisotopic (exact) mass is 396 g/mol. The number of aromatic nitrogens is 6. The third kappa shape index (κ3) is 3.69. The summed E-state index contributed by atoms with van der Waals surface area (Å²) in [7, 11) is 1.65. The molecule has 0 spiro atoms. The summed E-state index contributed by atoms with van der Waals surface area (Å²) in [5.74, 6) is 2.38. The molecule has 0 radical (unpaired) electrons. The molecule has 0 saturated carbocycles. The van der Waals surface area contributed by atoms with Crippen molar-refractivity contribution < 1.29 is 4.74 Å². The Bertz CT molecular complexity index is 1030. The van der Waals surface area contributed by atoms with Gasteiger partial charge < -0.3 is 4.74 Å². The number of methoxy groups -OCH3 is 1. The number of aryl methyl sites for hydroxylation is 1. The Hall–Kier alpha value is -2.78. The fourth-order valence-electron chi connectivity index (χ4n) is 2.49. The van der Waals surface area contributed by atoms with Gasteiger partial charge in [0.25, 0.3) is 0 Å². The van der Waals surface area contributed by atoms with Crippen molar-refractivity contribution in [2.75, 3.05) is 7.11 Å². The molecule has 9 heteroatoms. The van der Waals surface area contributed by atoms with Crippen LogP contribution in [0.4, 0.5) is 0 Å². The lowest BCUT2D eigenvalue weighted by molar-refractivity contribution is 0.414. The lowest BCUT2D eigenvalue weighted by atomic mass is 10.2. The van der Waals surface area contributed by atoms with E-state index in [0.29, 0.717) is 0 Å². The summed E-state index contributed by atoms with van der Waals surface area (Å²) in [6, 6.07) is 11.6. The van der Waals surface area contributed by atoms with Gasteiger partial charge in [-0.25, -0.2) is 4.98 Å². The summed E-state index contributed by atoms with van der Waals surface area (Å²) in [6.45, 7) is 2.04. The average Bonchev–Trinajstić information content (AvgIpc) is 3.36. The van der Waals surface area contributed by atoms with E-state index >= 15 is 0 Å². The van der Waals surface area contributed by atoms with Gasteiger partial charge in [-0.2, -0.15) is 4.37 Å². The van der Waals surface area contributed by atoms with Gasteiger partial charge in [0.1, 0.15) is 11.6 Å². The Morgan fingerprint density at radius 3 is 2.52 bits per heavy atom. The Morgan fingerprint density at radius 1 is 1.07 bits per heavy atom. The van der Waals surface area contributed by atoms with E-state index in [9.17, 15) is 0 Å². The summed E-state index contributed by atoms with van der Waals surface area (Å²) < 4.78 is 12.5. The first-order valence-corrected chi connectivity index (χ1v) is 9.88. The smallest absolute Gasteiger partial charge is 0.203 e. The fraction of sp³-hybridized carbons (Fsp3) is 0.167. The molecule has 0 unspecified atom stereocenters. The summed E-state index contributed by atoms with van der Waals surface area (Å²) in [6.07, 6.45) is 4.30. The van der Waals surface area contributed by atoms with Gasteiger partial charge in [0.2, 0.25) is 5.16 Å². The Morgan fingerprint density at radius 2 is 1.85 bits per heavy atom. The van der Waals surface area contributed by atoms with E-state index in [4.69, 9.17) is 4.74 Å². The highest BCUT2D eigenvalue weighted by atomic mass is 32.2. The van der Waals surface area contributed by atoms with Crippen LogP contribution < -0.4 is 4.74 Å². The SMILES string of the molecule is CCc1nsc(Sc2nnc(-c3ccncc3)n2-c2ccc(OC)cc2)n1. The number of hydrogen-bond acceptors (Lipinski definition) is 8. The Kier molecular flexibility index (Phi) is 5.12. The molecule has 27 heavy (non-hydrogen) atoms. The van der Waals surface area contributed by atoms with Gasteiger partial charge in [0.15, 0.2) is 10.2 Å². The predicted molar refractivity (Wildman–Crippen MR) is 105 cm³/mol. The molecule has 136 valence electrons. The molecule has 7 nitrogen and oxygen atoms in total. The molecular formula is C18H16N6OS2. The van der Waals surface area contributed by atoms with Crippen molar-refractivity contribution >= 4 is 23.3 Å². The van der Waals surface area contributed by atoms with Crippen molar-refractivity contribution in [3.8, 4) is 22.8 Å². The molecule has 4 rings (SSSR count). The summed E-state index contributed by atoms with van der Waals surface area (Å²) in [5.41, 5.74) is 1.88. The van der Waals surface area contributed by atoms with Gasteiger partial charge in [-0.3, -0.25) is 9.55 Å². The van der Waals surface area contributed by atoms with Crippen LogP contribution in [0.1, 0.15) is 12.7 Å². The maximum absolute atomic E-state index is 5.27. The van der Waals surface area contributed by atoms with Crippen LogP contribution in [0, 0.1) is 0 Å². The molecule has 0 saturated heterocycles. The van der Waals surface area contributed by atoms with Gasteiger partial charge >= 0.3 is 0 Å². The van der Waals surface area contributed by atoms with E-state index in [1.807, 2.05) is 47.9 Å². The van der Waals surface area contributed by atoms with E-state index in [2.05, 4.69) is 24.5 Å². The van der Waals surface area contributed by atoms with Crippen LogP contribution in [0.5, 0.6) is 5.75 Å². The number of rotatable bonds is 6. The lowest BCUT2D eigenvalue weighted by Gasteiger charge is -2.10. The molecule has 4 aromatic rings. The van der Waals surface area contributed by atoms with Crippen molar-refractivity contribution in [1.29, 1.82) is 0 Å². The number of ether oxygens (including phenoxy) is 1. The maximum Gasteiger partial charge on any atom is 0.203 e. The third-order valence-corrected chi connectivity index (χ3v) is 5.58. The second-order valence-electron chi connectivity index (χ2n) is 5.51. The van der Waals surface area contributed by atoms with E-state index in [1.165, 1.54) is 23.3 Å². The first-order valence-electron chi connectivity index (χ1n) is 8.29. The first-order chi connectivity index (χ1) is 13.3. The van der Waals surface area contributed by atoms with Crippen LogP contribution in [0.3, 0.4) is 0 Å². The highest BCUT2D eigenvalue weighted by Crippen LogP contribution is 2.33. The molecule has 0 bridgehead atoms. The van der Waals surface area contributed by atoms with E-state index < -0.39 is 0 Å². The minimum absolute atomic E-state index is 0.728. The van der Waals surface area contributed by atoms with Gasteiger partial charge in [0, 0.05) is 24.4 Å². The topological polar surface area (TPSA) is 78.6 Å². The molecule has 1 aromatic carbocycles. The molecular weight excluding hydrogens is 380 g/mol. The molecule has 0 aliphatic rings. The van der Waals surface area contributed by atoms with E-state index in [0.717, 1.165) is 44.6 Å². The molecule has 0 aliphatic heterocycles. The standard InChI is InChI=1S/C18H16N6OS2/c1-3-15-20-18(27-23-15)26-17-22-21-16(12-8-10-19-11-9-12)24(17)13-4-6-14(25-2)7-5-13/h4-11H,3H2,1-2H3. The number of nitrogens with zero attached hydrogens (tertiary/aromatic N) is 6. The summed E-state index contributed by atoms with van der Waals surface area (Å²) in [4.78, 5) is 8.61. The van der Waals surface area contributed by atoms with Crippen LogP contribution in [0.25, 0.3) is 17.1 Å². The van der Waals surface area contributed by atoms with Crippen LogP contribution in [-0.4, -0.2) is 36.2 Å². The summed E-state index contributed by atoms with van der Waals surface area (Å²) in [5, 5.41) is 9.55. The molecule has 0 amide bonds. The van der Waals surface area contributed by atoms with Crippen LogP contribution in [0.15, 0.2) is 58.3 Å². The van der Waals surface area contributed by atoms with E-state index in [1.54, 1.807) is 19.5 Å². The van der Waals surface area contributed by atoms with Crippen LogP contribution >= 0.6 is 23.3 Å². The highest BCUT2D eigenvalue weighted by molar-refractivity contribution is 8.00. The molecule has 0 fully saturated rings. The van der Waals surface area contributed by atoms with Crippen LogP contribution in [-0.2, 0) is 6.42 Å². The third-order valence-electron chi connectivity index (χ3n) is 3.85. The number of pyridine rings is 1. The van der Waals surface area contributed by atoms with E-state index in [-0.39, 0.29) is 0 Å². The van der Waals surface area contributed by atoms with Crippen molar-refractivity contribution in [3.05, 3.63) is 54.6 Å². The van der Waals surface area contributed by atoms with Crippen molar-refractivity contribution in [1.82, 2.24) is 29.1 Å². The number of benzene rings is 1. The van der Waals surface area contributed by atoms with Crippen molar-refractivity contribution in [2.45, 2.75) is 22.8 Å². The Balaban J connectivity index is 1.79. The zero-order valence-electron chi connectivity index (χ0n) is 14.7.